The van der Waals surface area contributed by atoms with E-state index < -0.39 is 0 Å². The van der Waals surface area contributed by atoms with Gasteiger partial charge in [-0.25, -0.2) is 0 Å². The van der Waals surface area contributed by atoms with Gasteiger partial charge in [0.25, 0.3) is 0 Å². The first-order chi connectivity index (χ1) is 6.18. The van der Waals surface area contributed by atoms with Crippen molar-refractivity contribution in [2.75, 3.05) is 20.3 Å². The fraction of sp³-hybridized carbons (Fsp3) is 1.00. The number of aliphatic hydroxyl groups is 1. The average molecular weight is 188 g/mol. The van der Waals surface area contributed by atoms with Gasteiger partial charge in [0.15, 0.2) is 0 Å². The molecule has 1 fully saturated rings. The van der Waals surface area contributed by atoms with Gasteiger partial charge in [0, 0.05) is 20.1 Å². The number of hydrogen-bond donors (Lipinski definition) is 1. The van der Waals surface area contributed by atoms with Crippen LogP contribution in [-0.4, -0.2) is 37.1 Å². The maximum atomic E-state index is 9.36. The van der Waals surface area contributed by atoms with Crippen LogP contribution in [0.4, 0.5) is 0 Å². The maximum absolute atomic E-state index is 9.36. The van der Waals surface area contributed by atoms with Gasteiger partial charge in [-0.1, -0.05) is 0 Å². The third kappa shape index (κ3) is 3.25. The highest BCUT2D eigenvalue weighted by Gasteiger charge is 2.34. The van der Waals surface area contributed by atoms with E-state index >= 15 is 0 Å². The highest BCUT2D eigenvalue weighted by molar-refractivity contribution is 4.85. The van der Waals surface area contributed by atoms with Gasteiger partial charge >= 0.3 is 0 Å². The summed E-state index contributed by atoms with van der Waals surface area (Å²) in [6.45, 7) is 3.20. The van der Waals surface area contributed by atoms with Crippen molar-refractivity contribution in [3.63, 3.8) is 0 Å². The van der Waals surface area contributed by atoms with Crippen LogP contribution >= 0.6 is 0 Å². The lowest BCUT2D eigenvalue weighted by atomic mass is 9.89. The van der Waals surface area contributed by atoms with Crippen molar-refractivity contribution in [2.45, 2.75) is 44.3 Å². The molecule has 1 saturated heterocycles. The third-order valence-electron chi connectivity index (χ3n) is 2.51. The van der Waals surface area contributed by atoms with Crippen LogP contribution in [0.15, 0.2) is 0 Å². The van der Waals surface area contributed by atoms with E-state index in [9.17, 15) is 5.11 Å². The molecule has 13 heavy (non-hydrogen) atoms. The summed E-state index contributed by atoms with van der Waals surface area (Å²) < 4.78 is 10.9. The molecule has 2 unspecified atom stereocenters. The maximum Gasteiger partial charge on any atom is 0.0939 e. The smallest absolute Gasteiger partial charge is 0.0939 e. The van der Waals surface area contributed by atoms with Crippen molar-refractivity contribution in [2.24, 2.45) is 0 Å². The zero-order valence-corrected chi connectivity index (χ0v) is 8.58. The van der Waals surface area contributed by atoms with E-state index in [0.29, 0.717) is 13.0 Å². The predicted octanol–water partition coefficient (Wildman–Crippen LogP) is 1.34. The number of methoxy groups -OCH3 is 1. The van der Waals surface area contributed by atoms with Gasteiger partial charge in [-0.2, -0.15) is 0 Å². The lowest BCUT2D eigenvalue weighted by Crippen LogP contribution is -2.43. The molecule has 0 saturated carbocycles. The Morgan fingerprint density at radius 2 is 2.31 bits per heavy atom. The molecule has 2 atom stereocenters. The molecule has 0 aromatic rings. The van der Waals surface area contributed by atoms with Crippen LogP contribution in [0.3, 0.4) is 0 Å². The van der Waals surface area contributed by atoms with Crippen LogP contribution in [0.25, 0.3) is 0 Å². The normalized spacial score (nSPS) is 31.6. The standard InChI is InChI=1S/C10H20O3/c1-9(11)7-10(8-12-2)5-3-4-6-13-10/h9,11H,3-8H2,1-2H3. The Kier molecular flexibility index (Phi) is 4.16. The molecule has 3 heteroatoms. The summed E-state index contributed by atoms with van der Waals surface area (Å²) >= 11 is 0. The molecule has 0 aliphatic carbocycles. The Bertz CT molecular complexity index is 134. The number of rotatable bonds is 4. The zero-order chi connectivity index (χ0) is 9.73. The summed E-state index contributed by atoms with van der Waals surface area (Å²) in [4.78, 5) is 0. The number of hydrogen-bond acceptors (Lipinski definition) is 3. The molecule has 0 bridgehead atoms. The van der Waals surface area contributed by atoms with E-state index in [0.717, 1.165) is 19.4 Å². The molecule has 1 rings (SSSR count). The van der Waals surface area contributed by atoms with E-state index in [4.69, 9.17) is 9.47 Å². The Labute approximate surface area is 80.0 Å². The lowest BCUT2D eigenvalue weighted by Gasteiger charge is -2.37. The van der Waals surface area contributed by atoms with Crippen LogP contribution in [-0.2, 0) is 9.47 Å². The third-order valence-corrected chi connectivity index (χ3v) is 2.51. The van der Waals surface area contributed by atoms with Gasteiger partial charge in [0.05, 0.1) is 18.3 Å². The summed E-state index contributed by atoms with van der Waals surface area (Å²) in [6, 6.07) is 0. The monoisotopic (exact) mass is 188 g/mol. The molecule has 0 spiro atoms. The Hall–Kier alpha value is -0.120. The number of ether oxygens (including phenoxy) is 2. The molecule has 0 aromatic carbocycles. The first-order valence-electron chi connectivity index (χ1n) is 4.99. The summed E-state index contributed by atoms with van der Waals surface area (Å²) in [6.07, 6.45) is 3.68. The summed E-state index contributed by atoms with van der Waals surface area (Å²) in [5.41, 5.74) is -0.221. The van der Waals surface area contributed by atoms with Crippen molar-refractivity contribution in [1.29, 1.82) is 0 Å². The van der Waals surface area contributed by atoms with Crippen molar-refractivity contribution in [1.82, 2.24) is 0 Å². The molecule has 0 aromatic heterocycles. The van der Waals surface area contributed by atoms with Crippen LogP contribution in [0.2, 0.25) is 0 Å². The minimum Gasteiger partial charge on any atom is -0.393 e. The van der Waals surface area contributed by atoms with Gasteiger partial charge in [-0.3, -0.25) is 0 Å². The first-order valence-corrected chi connectivity index (χ1v) is 4.99. The quantitative estimate of drug-likeness (QED) is 0.723. The van der Waals surface area contributed by atoms with E-state index in [-0.39, 0.29) is 11.7 Å². The summed E-state index contributed by atoms with van der Waals surface area (Å²) in [5, 5.41) is 9.36. The van der Waals surface area contributed by atoms with Crippen molar-refractivity contribution >= 4 is 0 Å². The predicted molar refractivity (Wildman–Crippen MR) is 50.7 cm³/mol. The van der Waals surface area contributed by atoms with Gasteiger partial charge < -0.3 is 14.6 Å². The van der Waals surface area contributed by atoms with Gasteiger partial charge in [-0.05, 0) is 26.2 Å². The highest BCUT2D eigenvalue weighted by Crippen LogP contribution is 2.29. The van der Waals surface area contributed by atoms with Crippen molar-refractivity contribution in [3.05, 3.63) is 0 Å². The first kappa shape index (κ1) is 11.0. The molecule has 1 heterocycles. The zero-order valence-electron chi connectivity index (χ0n) is 8.58. The molecular weight excluding hydrogens is 168 g/mol. The topological polar surface area (TPSA) is 38.7 Å². The Balaban J connectivity index is 2.50. The van der Waals surface area contributed by atoms with E-state index in [1.54, 1.807) is 14.0 Å². The Morgan fingerprint density at radius 3 is 2.77 bits per heavy atom. The largest absolute Gasteiger partial charge is 0.393 e. The minimum absolute atomic E-state index is 0.221. The number of aliphatic hydroxyl groups excluding tert-OH is 1. The summed E-state index contributed by atoms with van der Waals surface area (Å²) in [5.74, 6) is 0. The molecule has 1 aliphatic rings. The second kappa shape index (κ2) is 4.94. The fourth-order valence-electron chi connectivity index (χ4n) is 2.05. The van der Waals surface area contributed by atoms with E-state index in [2.05, 4.69) is 0 Å². The summed E-state index contributed by atoms with van der Waals surface area (Å²) in [7, 11) is 1.68. The van der Waals surface area contributed by atoms with Crippen LogP contribution in [0, 0.1) is 0 Å². The molecule has 1 N–H and O–H groups in total. The minimum atomic E-state index is -0.312. The molecule has 0 radical (unpaired) electrons. The Morgan fingerprint density at radius 1 is 1.54 bits per heavy atom. The molecular formula is C10H20O3. The van der Waals surface area contributed by atoms with Gasteiger partial charge in [0.2, 0.25) is 0 Å². The molecule has 3 nitrogen and oxygen atoms in total. The SMILES string of the molecule is COCC1(CC(C)O)CCCCO1. The van der Waals surface area contributed by atoms with E-state index in [1.807, 2.05) is 0 Å². The van der Waals surface area contributed by atoms with Crippen LogP contribution < -0.4 is 0 Å². The second-order valence-electron chi connectivity index (χ2n) is 3.97. The van der Waals surface area contributed by atoms with E-state index in [1.165, 1.54) is 6.42 Å². The van der Waals surface area contributed by atoms with Crippen LogP contribution in [0.1, 0.15) is 32.6 Å². The molecule has 78 valence electrons. The van der Waals surface area contributed by atoms with Crippen molar-refractivity contribution < 1.29 is 14.6 Å². The van der Waals surface area contributed by atoms with Gasteiger partial charge in [-0.15, -0.1) is 0 Å². The second-order valence-corrected chi connectivity index (χ2v) is 3.97. The van der Waals surface area contributed by atoms with Crippen LogP contribution in [0.5, 0.6) is 0 Å². The highest BCUT2D eigenvalue weighted by atomic mass is 16.5. The molecule has 1 aliphatic heterocycles. The van der Waals surface area contributed by atoms with Crippen molar-refractivity contribution in [3.8, 4) is 0 Å². The van der Waals surface area contributed by atoms with Gasteiger partial charge in [0.1, 0.15) is 0 Å². The average Bonchev–Trinajstić information content (AvgIpc) is 2.04. The fourth-order valence-corrected chi connectivity index (χ4v) is 2.05. The lowest BCUT2D eigenvalue weighted by molar-refractivity contribution is -0.133. The molecule has 0 amide bonds.